The molecule has 0 aromatic heterocycles. The van der Waals surface area contributed by atoms with Crippen LogP contribution in [0.2, 0.25) is 0 Å². The van der Waals surface area contributed by atoms with Gasteiger partial charge in [-0.25, -0.2) is 0 Å². The molecule has 3 nitrogen and oxygen atoms in total. The molecule has 0 atom stereocenters. The molecule has 19 heavy (non-hydrogen) atoms. The lowest BCUT2D eigenvalue weighted by molar-refractivity contribution is 0.00578. The molecule has 1 aromatic carbocycles. The summed E-state index contributed by atoms with van der Waals surface area (Å²) in [7, 11) is -0.312. The van der Waals surface area contributed by atoms with Crippen molar-refractivity contribution in [2.24, 2.45) is 0 Å². The Balaban J connectivity index is 1.79. The minimum atomic E-state index is -0.312. The van der Waals surface area contributed by atoms with E-state index in [1.807, 2.05) is 24.3 Å². The topological polar surface area (TPSA) is 27.7 Å². The van der Waals surface area contributed by atoms with Gasteiger partial charge in [-0.05, 0) is 58.1 Å². The normalized spacial score (nSPS) is 24.5. The fraction of sp³-hybridized carbons (Fsp3) is 0.600. The first kappa shape index (κ1) is 13.0. The van der Waals surface area contributed by atoms with Gasteiger partial charge in [-0.1, -0.05) is 12.1 Å². The van der Waals surface area contributed by atoms with Crippen molar-refractivity contribution in [3.05, 3.63) is 24.3 Å². The molecule has 0 spiro atoms. The maximum Gasteiger partial charge on any atom is 0.494 e. The molecule has 102 valence electrons. The van der Waals surface area contributed by atoms with Gasteiger partial charge in [-0.3, -0.25) is 0 Å². The number of hydrogen-bond donors (Lipinski definition) is 0. The van der Waals surface area contributed by atoms with E-state index in [1.54, 1.807) is 0 Å². The van der Waals surface area contributed by atoms with Crippen LogP contribution in [0.5, 0.6) is 5.75 Å². The summed E-state index contributed by atoms with van der Waals surface area (Å²) in [5.41, 5.74) is 0.424. The van der Waals surface area contributed by atoms with E-state index in [-0.39, 0.29) is 18.3 Å². The van der Waals surface area contributed by atoms with Crippen LogP contribution < -0.4 is 10.2 Å². The van der Waals surface area contributed by atoms with E-state index < -0.39 is 0 Å². The zero-order valence-electron chi connectivity index (χ0n) is 12.1. The lowest BCUT2D eigenvalue weighted by atomic mass is 9.79. The molecule has 0 amide bonds. The van der Waals surface area contributed by atoms with Gasteiger partial charge in [-0.2, -0.15) is 0 Å². The SMILES string of the molecule is CC1(C)OB(c2cccc(OC3CC3)c2)OC1(C)C. The Kier molecular flexibility index (Phi) is 2.91. The van der Waals surface area contributed by atoms with Gasteiger partial charge in [0.1, 0.15) is 5.75 Å². The average molecular weight is 260 g/mol. The first-order valence-corrected chi connectivity index (χ1v) is 7.00. The molecule has 0 bridgehead atoms. The Morgan fingerprint density at radius 3 is 2.32 bits per heavy atom. The lowest BCUT2D eigenvalue weighted by Crippen LogP contribution is -2.41. The molecule has 2 aliphatic rings. The summed E-state index contributed by atoms with van der Waals surface area (Å²) in [6.45, 7) is 8.27. The summed E-state index contributed by atoms with van der Waals surface area (Å²) in [4.78, 5) is 0. The molecule has 1 aromatic rings. The number of benzene rings is 1. The van der Waals surface area contributed by atoms with Crippen molar-refractivity contribution >= 4 is 12.6 Å². The summed E-state index contributed by atoms with van der Waals surface area (Å²) in [5.74, 6) is 0.912. The largest absolute Gasteiger partial charge is 0.494 e. The molecule has 1 aliphatic heterocycles. The zero-order valence-corrected chi connectivity index (χ0v) is 12.1. The highest BCUT2D eigenvalue weighted by atomic mass is 16.7. The minimum Gasteiger partial charge on any atom is -0.490 e. The fourth-order valence-corrected chi connectivity index (χ4v) is 2.09. The second kappa shape index (κ2) is 4.25. The van der Waals surface area contributed by atoms with Crippen LogP contribution in [-0.4, -0.2) is 24.4 Å². The van der Waals surface area contributed by atoms with Crippen molar-refractivity contribution in [1.82, 2.24) is 0 Å². The summed E-state index contributed by atoms with van der Waals surface area (Å²) in [6.07, 6.45) is 2.75. The zero-order chi connectivity index (χ0) is 13.7. The Labute approximate surface area is 115 Å². The molecule has 3 rings (SSSR count). The fourth-order valence-electron chi connectivity index (χ4n) is 2.09. The van der Waals surface area contributed by atoms with Gasteiger partial charge in [0, 0.05) is 0 Å². The van der Waals surface area contributed by atoms with Crippen molar-refractivity contribution < 1.29 is 14.0 Å². The van der Waals surface area contributed by atoms with Crippen LogP contribution >= 0.6 is 0 Å². The predicted octanol–water partition coefficient (Wildman–Crippen LogP) is 2.53. The predicted molar refractivity (Wildman–Crippen MR) is 75.8 cm³/mol. The molecule has 1 saturated carbocycles. The van der Waals surface area contributed by atoms with Gasteiger partial charge in [0.25, 0.3) is 0 Å². The molecule has 2 fully saturated rings. The van der Waals surface area contributed by atoms with Crippen LogP contribution in [0.3, 0.4) is 0 Å². The highest BCUT2D eigenvalue weighted by Gasteiger charge is 2.51. The maximum absolute atomic E-state index is 6.05. The quantitative estimate of drug-likeness (QED) is 0.781. The van der Waals surface area contributed by atoms with Gasteiger partial charge in [0.2, 0.25) is 0 Å². The van der Waals surface area contributed by atoms with Crippen LogP contribution in [-0.2, 0) is 9.31 Å². The molecule has 4 heteroatoms. The van der Waals surface area contributed by atoms with Gasteiger partial charge in [-0.15, -0.1) is 0 Å². The van der Waals surface area contributed by atoms with Crippen molar-refractivity contribution in [2.45, 2.75) is 57.8 Å². The third kappa shape index (κ3) is 2.52. The van der Waals surface area contributed by atoms with Crippen molar-refractivity contribution in [3.63, 3.8) is 0 Å². The van der Waals surface area contributed by atoms with Gasteiger partial charge in [0.05, 0.1) is 17.3 Å². The van der Waals surface area contributed by atoms with E-state index >= 15 is 0 Å². The highest BCUT2D eigenvalue weighted by Crippen LogP contribution is 2.36. The summed E-state index contributed by atoms with van der Waals surface area (Å²) < 4.78 is 17.9. The highest BCUT2D eigenvalue weighted by molar-refractivity contribution is 6.62. The van der Waals surface area contributed by atoms with Crippen LogP contribution in [0.15, 0.2) is 24.3 Å². The van der Waals surface area contributed by atoms with Crippen molar-refractivity contribution in [3.8, 4) is 5.75 Å². The number of rotatable bonds is 3. The molecule has 0 N–H and O–H groups in total. The third-order valence-electron chi connectivity index (χ3n) is 4.21. The van der Waals surface area contributed by atoms with Crippen LogP contribution in [0, 0.1) is 0 Å². The Bertz CT molecular complexity index is 464. The average Bonchev–Trinajstić information content (AvgIpc) is 3.07. The lowest BCUT2D eigenvalue weighted by Gasteiger charge is -2.32. The molecular weight excluding hydrogens is 239 g/mol. The van der Waals surface area contributed by atoms with Gasteiger partial charge in [0.15, 0.2) is 0 Å². The third-order valence-corrected chi connectivity index (χ3v) is 4.21. The first-order chi connectivity index (χ1) is 8.87. The first-order valence-electron chi connectivity index (χ1n) is 7.00. The molecule has 0 unspecified atom stereocenters. The van der Waals surface area contributed by atoms with Crippen molar-refractivity contribution in [1.29, 1.82) is 0 Å². The number of hydrogen-bond acceptors (Lipinski definition) is 3. The molecule has 1 saturated heterocycles. The van der Waals surface area contributed by atoms with E-state index in [9.17, 15) is 0 Å². The number of ether oxygens (including phenoxy) is 1. The Morgan fingerprint density at radius 1 is 1.11 bits per heavy atom. The van der Waals surface area contributed by atoms with Gasteiger partial charge >= 0.3 is 7.12 Å². The second-order valence-electron chi connectivity index (χ2n) is 6.48. The Morgan fingerprint density at radius 2 is 1.74 bits per heavy atom. The van der Waals surface area contributed by atoms with Crippen LogP contribution in [0.4, 0.5) is 0 Å². The minimum absolute atomic E-state index is 0.301. The monoisotopic (exact) mass is 260 g/mol. The van der Waals surface area contributed by atoms with E-state index in [0.717, 1.165) is 11.2 Å². The van der Waals surface area contributed by atoms with E-state index in [1.165, 1.54) is 12.8 Å². The smallest absolute Gasteiger partial charge is 0.490 e. The van der Waals surface area contributed by atoms with E-state index in [4.69, 9.17) is 14.0 Å². The van der Waals surface area contributed by atoms with Crippen LogP contribution in [0.1, 0.15) is 40.5 Å². The van der Waals surface area contributed by atoms with E-state index in [0.29, 0.717) is 6.10 Å². The standard InChI is InChI=1S/C15H21BO3/c1-14(2)15(3,4)19-16(18-14)11-6-5-7-13(10-11)17-12-8-9-12/h5-7,10,12H,8-9H2,1-4H3. The molecule has 1 heterocycles. The van der Waals surface area contributed by atoms with Gasteiger partial charge < -0.3 is 14.0 Å². The molecule has 0 radical (unpaired) electrons. The van der Waals surface area contributed by atoms with E-state index in [2.05, 4.69) is 27.7 Å². The molecular formula is C15H21BO3. The summed E-state index contributed by atoms with van der Waals surface area (Å²) >= 11 is 0. The Hall–Kier alpha value is -0.995. The van der Waals surface area contributed by atoms with Crippen LogP contribution in [0.25, 0.3) is 0 Å². The molecule has 1 aliphatic carbocycles. The summed E-state index contributed by atoms with van der Waals surface area (Å²) in [5, 5.41) is 0. The second-order valence-corrected chi connectivity index (χ2v) is 6.48. The van der Waals surface area contributed by atoms with Crippen molar-refractivity contribution in [2.75, 3.05) is 0 Å². The maximum atomic E-state index is 6.05. The summed E-state index contributed by atoms with van der Waals surface area (Å²) in [6, 6.07) is 8.05.